The number of likely N-dealkylation sites (tertiary alicyclic amines) is 1. The number of primary amides is 1. The average Bonchev–Trinajstić information content (AvgIpc) is 2.90. The predicted molar refractivity (Wildman–Crippen MR) is 93.9 cm³/mol. The highest BCUT2D eigenvalue weighted by atomic mass is 32.1. The van der Waals surface area contributed by atoms with Crippen molar-refractivity contribution in [3.63, 3.8) is 0 Å². The Balaban J connectivity index is 1.47. The van der Waals surface area contributed by atoms with Gasteiger partial charge in [-0.25, -0.2) is 4.98 Å². The van der Waals surface area contributed by atoms with Gasteiger partial charge in [0, 0.05) is 23.6 Å². The maximum absolute atomic E-state index is 11.3. The summed E-state index contributed by atoms with van der Waals surface area (Å²) in [6, 6.07) is 7.04. The first kappa shape index (κ1) is 15.1. The van der Waals surface area contributed by atoms with Gasteiger partial charge in [-0.2, -0.15) is 0 Å². The Morgan fingerprint density at radius 1 is 1.35 bits per heavy atom. The predicted octanol–water partition coefficient (Wildman–Crippen LogP) is 3.52. The zero-order chi connectivity index (χ0) is 16.0. The summed E-state index contributed by atoms with van der Waals surface area (Å²) in [4.78, 5) is 18.8. The quantitative estimate of drug-likeness (QED) is 0.937. The van der Waals surface area contributed by atoms with Gasteiger partial charge in [-0.3, -0.25) is 9.69 Å². The second-order valence-corrected chi connectivity index (χ2v) is 8.07. The van der Waals surface area contributed by atoms with E-state index in [9.17, 15) is 4.79 Å². The van der Waals surface area contributed by atoms with Gasteiger partial charge in [-0.1, -0.05) is 6.42 Å². The monoisotopic (exact) mass is 329 g/mol. The molecule has 1 amide bonds. The van der Waals surface area contributed by atoms with Crippen LogP contribution in [0.3, 0.4) is 0 Å². The molecule has 0 radical (unpaired) electrons. The van der Waals surface area contributed by atoms with Crippen LogP contribution in [0.15, 0.2) is 18.2 Å². The summed E-state index contributed by atoms with van der Waals surface area (Å²) in [5.74, 6) is 0.216. The van der Waals surface area contributed by atoms with E-state index in [1.165, 1.54) is 43.7 Å². The molecule has 2 aliphatic rings. The van der Waals surface area contributed by atoms with Crippen LogP contribution in [0.5, 0.6) is 0 Å². The molecular weight excluding hydrogens is 306 g/mol. The minimum atomic E-state index is -0.371. The van der Waals surface area contributed by atoms with Crippen molar-refractivity contribution in [3.05, 3.63) is 28.8 Å². The van der Waals surface area contributed by atoms with Gasteiger partial charge in [0.05, 0.1) is 15.2 Å². The lowest BCUT2D eigenvalue weighted by molar-refractivity contribution is 0.0480. The number of amides is 1. The van der Waals surface area contributed by atoms with E-state index >= 15 is 0 Å². The van der Waals surface area contributed by atoms with E-state index in [4.69, 9.17) is 10.7 Å². The topological polar surface area (TPSA) is 59.2 Å². The number of piperidine rings is 1. The molecule has 2 aromatic rings. The fourth-order valence-electron chi connectivity index (χ4n) is 3.99. The Bertz CT molecular complexity index is 735. The van der Waals surface area contributed by atoms with Crippen LogP contribution >= 0.6 is 11.3 Å². The molecule has 5 heteroatoms. The van der Waals surface area contributed by atoms with Gasteiger partial charge in [0.2, 0.25) is 5.91 Å². The molecule has 1 atom stereocenters. The number of aromatic nitrogens is 1. The Morgan fingerprint density at radius 2 is 2.17 bits per heavy atom. The second-order valence-electron chi connectivity index (χ2n) is 7.00. The van der Waals surface area contributed by atoms with Crippen molar-refractivity contribution in [2.24, 2.45) is 5.73 Å². The standard InChI is InChI=1S/C18H23N3OS/c1-11-4-2-3-7-21(11)14-8-13(9-14)18-20-15-6-5-12(17(19)22)10-16(15)23-18/h5-6,10-11,13-14H,2-4,7-9H2,1H3,(H2,19,22)/t11-,13?,14?/m0/s1. The maximum atomic E-state index is 11.3. The number of thiazole rings is 1. The van der Waals surface area contributed by atoms with Gasteiger partial charge in [-0.05, 0) is 57.4 Å². The number of nitrogens with two attached hydrogens (primary N) is 1. The first-order valence-electron chi connectivity index (χ1n) is 8.58. The zero-order valence-electron chi connectivity index (χ0n) is 13.5. The number of carbonyl (C=O) groups is 1. The van der Waals surface area contributed by atoms with Crippen molar-refractivity contribution in [2.75, 3.05) is 6.54 Å². The molecule has 0 spiro atoms. The summed E-state index contributed by atoms with van der Waals surface area (Å²) in [6.07, 6.45) is 6.54. The number of hydrogen-bond donors (Lipinski definition) is 1. The number of carbonyl (C=O) groups excluding carboxylic acids is 1. The summed E-state index contributed by atoms with van der Waals surface area (Å²) in [6.45, 7) is 3.63. The van der Waals surface area contributed by atoms with E-state index in [-0.39, 0.29) is 5.91 Å². The van der Waals surface area contributed by atoms with Crippen molar-refractivity contribution in [1.29, 1.82) is 0 Å². The van der Waals surface area contributed by atoms with Crippen molar-refractivity contribution in [3.8, 4) is 0 Å². The lowest BCUT2D eigenvalue weighted by atomic mass is 9.78. The second kappa shape index (κ2) is 5.87. The maximum Gasteiger partial charge on any atom is 0.248 e. The van der Waals surface area contributed by atoms with E-state index in [1.807, 2.05) is 12.1 Å². The molecular formula is C18H23N3OS. The highest BCUT2D eigenvalue weighted by Crippen LogP contribution is 2.44. The molecule has 1 saturated carbocycles. The largest absolute Gasteiger partial charge is 0.366 e. The molecule has 1 aromatic carbocycles. The summed E-state index contributed by atoms with van der Waals surface area (Å²) < 4.78 is 1.08. The van der Waals surface area contributed by atoms with Crippen LogP contribution in [0.1, 0.15) is 60.3 Å². The fourth-order valence-corrected chi connectivity index (χ4v) is 5.13. The number of benzene rings is 1. The summed E-state index contributed by atoms with van der Waals surface area (Å²) >= 11 is 1.72. The van der Waals surface area contributed by atoms with Crippen molar-refractivity contribution >= 4 is 27.5 Å². The van der Waals surface area contributed by atoms with Crippen LogP contribution < -0.4 is 5.73 Å². The SMILES string of the molecule is C[C@H]1CCCCN1C1CC(c2nc3ccc(C(N)=O)cc3s2)C1. The third kappa shape index (κ3) is 2.76. The minimum absolute atomic E-state index is 0.371. The van der Waals surface area contributed by atoms with E-state index < -0.39 is 0 Å². The number of hydrogen-bond acceptors (Lipinski definition) is 4. The van der Waals surface area contributed by atoms with Gasteiger partial charge in [-0.15, -0.1) is 11.3 Å². The van der Waals surface area contributed by atoms with E-state index in [0.717, 1.165) is 22.3 Å². The number of nitrogens with zero attached hydrogens (tertiary/aromatic N) is 2. The van der Waals surface area contributed by atoms with Crippen molar-refractivity contribution < 1.29 is 4.79 Å². The van der Waals surface area contributed by atoms with Gasteiger partial charge < -0.3 is 5.73 Å². The van der Waals surface area contributed by atoms with Gasteiger partial charge in [0.25, 0.3) is 0 Å². The molecule has 1 aromatic heterocycles. The molecule has 1 aliphatic heterocycles. The molecule has 1 saturated heterocycles. The Labute approximate surface area is 140 Å². The van der Waals surface area contributed by atoms with Gasteiger partial charge in [0.15, 0.2) is 0 Å². The van der Waals surface area contributed by atoms with Gasteiger partial charge in [0.1, 0.15) is 0 Å². The molecule has 122 valence electrons. The molecule has 4 nitrogen and oxygen atoms in total. The van der Waals surface area contributed by atoms with Crippen LogP contribution in [-0.2, 0) is 0 Å². The summed E-state index contributed by atoms with van der Waals surface area (Å²) in [5.41, 5.74) is 6.92. The molecule has 2 N–H and O–H groups in total. The normalized spacial score (nSPS) is 28.7. The highest BCUT2D eigenvalue weighted by molar-refractivity contribution is 7.18. The van der Waals surface area contributed by atoms with E-state index in [2.05, 4.69) is 11.8 Å². The van der Waals surface area contributed by atoms with Crippen LogP contribution in [0.2, 0.25) is 0 Å². The molecule has 4 rings (SSSR count). The molecule has 2 fully saturated rings. The Hall–Kier alpha value is -1.46. The van der Waals surface area contributed by atoms with E-state index in [0.29, 0.717) is 11.5 Å². The molecule has 0 bridgehead atoms. The van der Waals surface area contributed by atoms with Crippen LogP contribution in [-0.4, -0.2) is 34.4 Å². The van der Waals surface area contributed by atoms with Crippen molar-refractivity contribution in [2.45, 2.75) is 57.0 Å². The lowest BCUT2D eigenvalue weighted by Crippen LogP contribution is -2.50. The van der Waals surface area contributed by atoms with Gasteiger partial charge >= 0.3 is 0 Å². The lowest BCUT2D eigenvalue weighted by Gasteiger charge is -2.47. The third-order valence-electron chi connectivity index (χ3n) is 5.48. The first-order valence-corrected chi connectivity index (χ1v) is 9.39. The third-order valence-corrected chi connectivity index (χ3v) is 6.66. The average molecular weight is 329 g/mol. The molecule has 1 aliphatic carbocycles. The van der Waals surface area contributed by atoms with Crippen LogP contribution in [0.4, 0.5) is 0 Å². The first-order chi connectivity index (χ1) is 11.1. The molecule has 0 unspecified atom stereocenters. The Morgan fingerprint density at radius 3 is 2.91 bits per heavy atom. The minimum Gasteiger partial charge on any atom is -0.366 e. The van der Waals surface area contributed by atoms with E-state index in [1.54, 1.807) is 17.4 Å². The Kier molecular flexibility index (Phi) is 3.85. The van der Waals surface area contributed by atoms with Crippen LogP contribution in [0, 0.1) is 0 Å². The van der Waals surface area contributed by atoms with Crippen molar-refractivity contribution in [1.82, 2.24) is 9.88 Å². The summed E-state index contributed by atoms with van der Waals surface area (Å²) in [5, 5.41) is 1.22. The highest BCUT2D eigenvalue weighted by Gasteiger charge is 2.38. The summed E-state index contributed by atoms with van der Waals surface area (Å²) in [7, 11) is 0. The molecule has 23 heavy (non-hydrogen) atoms. The zero-order valence-corrected chi connectivity index (χ0v) is 14.3. The smallest absolute Gasteiger partial charge is 0.248 e. The van der Waals surface area contributed by atoms with Crippen LogP contribution in [0.25, 0.3) is 10.2 Å². The number of rotatable bonds is 3. The molecule has 2 heterocycles. The number of fused-ring (bicyclic) bond motifs is 1. The fraction of sp³-hybridized carbons (Fsp3) is 0.556.